The van der Waals surface area contributed by atoms with E-state index in [1.165, 1.54) is 25.7 Å². The molecule has 1 heterocycles. The molecular weight excluding hydrogens is 264 g/mol. The number of ether oxygens (including phenoxy) is 1. The molecule has 0 bridgehead atoms. The van der Waals surface area contributed by atoms with Gasteiger partial charge in [0, 0.05) is 30.0 Å². The third-order valence-corrected chi connectivity index (χ3v) is 6.18. The zero-order valence-electron chi connectivity index (χ0n) is 12.6. The van der Waals surface area contributed by atoms with Gasteiger partial charge in [0.15, 0.2) is 0 Å². The van der Waals surface area contributed by atoms with E-state index in [0.717, 1.165) is 32.3 Å². The van der Waals surface area contributed by atoms with E-state index in [2.05, 4.69) is 22.8 Å². The standard InChI is InChI=1S/C17H26N2O2/c20-16(18-12-6-2-1-3-7-12)19-14-13-8-11-21-15(13)17(14)9-4-5-10-17/h1-2,12-15H,3-11H2,(H2,18,19,20). The molecule has 0 aromatic carbocycles. The Hall–Kier alpha value is -1.03. The maximum absolute atomic E-state index is 12.4. The van der Waals surface area contributed by atoms with Crippen LogP contribution in [0.15, 0.2) is 12.2 Å². The van der Waals surface area contributed by atoms with E-state index in [4.69, 9.17) is 4.74 Å². The molecule has 21 heavy (non-hydrogen) atoms. The summed E-state index contributed by atoms with van der Waals surface area (Å²) in [5.74, 6) is 0.556. The van der Waals surface area contributed by atoms with E-state index < -0.39 is 0 Å². The van der Waals surface area contributed by atoms with Crippen LogP contribution in [0, 0.1) is 11.3 Å². The fourth-order valence-electron chi connectivity index (χ4n) is 5.20. The molecule has 2 amide bonds. The molecule has 4 atom stereocenters. The monoisotopic (exact) mass is 290 g/mol. The molecule has 1 aliphatic heterocycles. The van der Waals surface area contributed by atoms with E-state index in [0.29, 0.717) is 24.1 Å². The van der Waals surface area contributed by atoms with Crippen molar-refractivity contribution in [3.05, 3.63) is 12.2 Å². The van der Waals surface area contributed by atoms with Crippen molar-refractivity contribution in [2.45, 2.75) is 69.6 Å². The van der Waals surface area contributed by atoms with Gasteiger partial charge in [-0.15, -0.1) is 0 Å². The number of nitrogens with one attached hydrogen (secondary N) is 2. The van der Waals surface area contributed by atoms with Crippen molar-refractivity contribution in [2.75, 3.05) is 6.61 Å². The molecule has 1 spiro atoms. The molecule has 3 aliphatic carbocycles. The normalized spacial score (nSPS) is 39.8. The summed E-state index contributed by atoms with van der Waals surface area (Å²) in [6.07, 6.45) is 14.1. The second-order valence-electron chi connectivity index (χ2n) is 7.26. The van der Waals surface area contributed by atoms with Crippen LogP contribution in [0.3, 0.4) is 0 Å². The van der Waals surface area contributed by atoms with E-state index >= 15 is 0 Å². The highest BCUT2D eigenvalue weighted by Crippen LogP contribution is 2.60. The highest BCUT2D eigenvalue weighted by Gasteiger charge is 2.65. The van der Waals surface area contributed by atoms with Crippen molar-refractivity contribution in [1.82, 2.24) is 10.6 Å². The molecule has 0 aromatic heterocycles. The maximum atomic E-state index is 12.4. The summed E-state index contributed by atoms with van der Waals surface area (Å²) in [5.41, 5.74) is 0.255. The lowest BCUT2D eigenvalue weighted by molar-refractivity contribution is -0.126. The minimum atomic E-state index is 0.0388. The Balaban J connectivity index is 1.39. The molecule has 0 aromatic rings. The van der Waals surface area contributed by atoms with Crippen molar-refractivity contribution in [1.29, 1.82) is 0 Å². The van der Waals surface area contributed by atoms with Crippen LogP contribution in [0.4, 0.5) is 4.79 Å². The minimum absolute atomic E-state index is 0.0388. The van der Waals surface area contributed by atoms with Crippen LogP contribution in [0.5, 0.6) is 0 Å². The van der Waals surface area contributed by atoms with E-state index in [9.17, 15) is 4.79 Å². The highest BCUT2D eigenvalue weighted by atomic mass is 16.5. The van der Waals surface area contributed by atoms with Crippen LogP contribution in [-0.2, 0) is 4.74 Å². The largest absolute Gasteiger partial charge is 0.377 e. The molecule has 116 valence electrons. The molecular formula is C17H26N2O2. The highest BCUT2D eigenvalue weighted by molar-refractivity contribution is 5.75. The van der Waals surface area contributed by atoms with Crippen molar-refractivity contribution in [3.8, 4) is 0 Å². The molecule has 4 rings (SSSR count). The third-order valence-electron chi connectivity index (χ3n) is 6.18. The molecule has 0 radical (unpaired) electrons. The number of urea groups is 1. The summed E-state index contributed by atoms with van der Waals surface area (Å²) >= 11 is 0. The van der Waals surface area contributed by atoms with E-state index in [1.807, 2.05) is 0 Å². The molecule has 2 N–H and O–H groups in total. The van der Waals surface area contributed by atoms with Gasteiger partial charge >= 0.3 is 6.03 Å². The van der Waals surface area contributed by atoms with Crippen LogP contribution in [0.2, 0.25) is 0 Å². The summed E-state index contributed by atoms with van der Waals surface area (Å²) in [4.78, 5) is 12.4. The van der Waals surface area contributed by atoms with Gasteiger partial charge in [-0.1, -0.05) is 25.0 Å². The average molecular weight is 290 g/mol. The number of fused-ring (bicyclic) bond motifs is 2. The predicted octanol–water partition coefficient (Wildman–Crippen LogP) is 2.74. The van der Waals surface area contributed by atoms with E-state index in [-0.39, 0.29) is 11.4 Å². The first-order valence-corrected chi connectivity index (χ1v) is 8.63. The van der Waals surface area contributed by atoms with Crippen LogP contribution in [0.25, 0.3) is 0 Å². The van der Waals surface area contributed by atoms with Gasteiger partial charge in [-0.25, -0.2) is 4.79 Å². The number of allylic oxidation sites excluding steroid dienone is 1. The van der Waals surface area contributed by atoms with Gasteiger partial charge in [0.25, 0.3) is 0 Å². The lowest BCUT2D eigenvalue weighted by Gasteiger charge is -2.56. The maximum Gasteiger partial charge on any atom is 0.315 e. The van der Waals surface area contributed by atoms with Gasteiger partial charge in [-0.2, -0.15) is 0 Å². The molecule has 4 heteroatoms. The van der Waals surface area contributed by atoms with Crippen LogP contribution in [0.1, 0.15) is 51.4 Å². The summed E-state index contributed by atoms with van der Waals surface area (Å²) in [6.45, 7) is 0.879. The number of carbonyl (C=O) groups excluding carboxylic acids is 1. The van der Waals surface area contributed by atoms with Gasteiger partial charge in [-0.05, 0) is 38.5 Å². The predicted molar refractivity (Wildman–Crippen MR) is 81.0 cm³/mol. The van der Waals surface area contributed by atoms with Gasteiger partial charge in [0.1, 0.15) is 0 Å². The summed E-state index contributed by atoms with van der Waals surface area (Å²) in [5, 5.41) is 6.48. The summed E-state index contributed by atoms with van der Waals surface area (Å²) in [6, 6.07) is 0.689. The van der Waals surface area contributed by atoms with Crippen LogP contribution >= 0.6 is 0 Å². The van der Waals surface area contributed by atoms with Gasteiger partial charge in [-0.3, -0.25) is 0 Å². The zero-order chi connectivity index (χ0) is 14.3. The van der Waals surface area contributed by atoms with Crippen molar-refractivity contribution in [2.24, 2.45) is 11.3 Å². The van der Waals surface area contributed by atoms with E-state index in [1.54, 1.807) is 0 Å². The molecule has 3 fully saturated rings. The van der Waals surface area contributed by atoms with Gasteiger partial charge < -0.3 is 15.4 Å². The lowest BCUT2D eigenvalue weighted by atomic mass is 9.54. The average Bonchev–Trinajstić information content (AvgIpc) is 3.14. The number of amides is 2. The summed E-state index contributed by atoms with van der Waals surface area (Å²) < 4.78 is 5.97. The van der Waals surface area contributed by atoms with Crippen molar-refractivity contribution < 1.29 is 9.53 Å². The summed E-state index contributed by atoms with van der Waals surface area (Å²) in [7, 11) is 0. The first-order chi connectivity index (χ1) is 10.3. The first-order valence-electron chi connectivity index (χ1n) is 8.63. The zero-order valence-corrected chi connectivity index (χ0v) is 12.6. The Morgan fingerprint density at radius 1 is 1.14 bits per heavy atom. The minimum Gasteiger partial charge on any atom is -0.377 e. The second kappa shape index (κ2) is 5.31. The Morgan fingerprint density at radius 3 is 2.76 bits per heavy atom. The van der Waals surface area contributed by atoms with Gasteiger partial charge in [0.05, 0.1) is 6.10 Å². The fourth-order valence-corrected chi connectivity index (χ4v) is 5.20. The second-order valence-corrected chi connectivity index (χ2v) is 7.26. The number of hydrogen-bond donors (Lipinski definition) is 2. The van der Waals surface area contributed by atoms with Crippen LogP contribution < -0.4 is 10.6 Å². The number of hydrogen-bond acceptors (Lipinski definition) is 2. The number of carbonyl (C=O) groups is 1. The lowest BCUT2D eigenvalue weighted by Crippen LogP contribution is -2.69. The topological polar surface area (TPSA) is 50.4 Å². The molecule has 4 aliphatic rings. The first kappa shape index (κ1) is 13.6. The van der Waals surface area contributed by atoms with Gasteiger partial charge in [0.2, 0.25) is 0 Å². The molecule has 1 saturated heterocycles. The van der Waals surface area contributed by atoms with Crippen LogP contribution in [-0.4, -0.2) is 30.8 Å². The van der Waals surface area contributed by atoms with Crippen molar-refractivity contribution >= 4 is 6.03 Å². The molecule has 4 nitrogen and oxygen atoms in total. The third kappa shape index (κ3) is 2.19. The Kier molecular flexibility index (Phi) is 3.44. The Labute approximate surface area is 126 Å². The smallest absolute Gasteiger partial charge is 0.315 e. The van der Waals surface area contributed by atoms with Crippen molar-refractivity contribution in [3.63, 3.8) is 0 Å². The SMILES string of the molecule is O=C(NC1CC=CCC1)NC1C2CCOC2C12CCCC2. The Bertz CT molecular complexity index is 442. The Morgan fingerprint density at radius 2 is 2.00 bits per heavy atom. The number of rotatable bonds is 2. The quantitative estimate of drug-likeness (QED) is 0.768. The fraction of sp³-hybridized carbons (Fsp3) is 0.824. The molecule has 2 saturated carbocycles. The molecule has 4 unspecified atom stereocenters.